The van der Waals surface area contributed by atoms with Gasteiger partial charge in [-0.1, -0.05) is 50.3 Å². The minimum Gasteiger partial charge on any atom is -0.458 e. The fraction of sp³-hybridized carbons (Fsp3) is 0.710. The third-order valence-corrected chi connectivity index (χ3v) is 9.21. The van der Waals surface area contributed by atoms with Gasteiger partial charge in [-0.15, -0.1) is 0 Å². The Bertz CT molecular complexity index is 878. The van der Waals surface area contributed by atoms with E-state index in [0.717, 1.165) is 70.3 Å². The highest BCUT2D eigenvalue weighted by Gasteiger charge is 2.52. The number of rotatable bonds is 9. The zero-order chi connectivity index (χ0) is 25.7. The average Bonchev–Trinajstić information content (AvgIpc) is 2.85. The van der Waals surface area contributed by atoms with Crippen molar-refractivity contribution in [3.63, 3.8) is 0 Å². The number of carbonyl (C=O) groups excluding carboxylic acids is 1. The Labute approximate surface area is 218 Å². The van der Waals surface area contributed by atoms with Gasteiger partial charge in [0, 0.05) is 45.5 Å². The number of esters is 1. The van der Waals surface area contributed by atoms with E-state index in [9.17, 15) is 9.90 Å². The molecule has 5 heteroatoms. The molecule has 0 radical (unpaired) electrons. The van der Waals surface area contributed by atoms with Gasteiger partial charge in [-0.25, -0.2) is 0 Å². The van der Waals surface area contributed by atoms with E-state index < -0.39 is 5.60 Å². The minimum absolute atomic E-state index is 0.133. The van der Waals surface area contributed by atoms with E-state index in [0.29, 0.717) is 24.4 Å². The Morgan fingerprint density at radius 1 is 1.17 bits per heavy atom. The van der Waals surface area contributed by atoms with Crippen LogP contribution in [0.1, 0.15) is 71.8 Å². The molecule has 1 saturated heterocycles. The van der Waals surface area contributed by atoms with Crippen molar-refractivity contribution in [3.8, 4) is 0 Å². The van der Waals surface area contributed by atoms with E-state index in [1.165, 1.54) is 12.5 Å². The first-order valence-electron chi connectivity index (χ1n) is 14.2. The molecule has 0 spiro atoms. The van der Waals surface area contributed by atoms with Gasteiger partial charge in [-0.3, -0.25) is 4.79 Å². The molecule has 1 saturated carbocycles. The Morgan fingerprint density at radius 3 is 2.58 bits per heavy atom. The van der Waals surface area contributed by atoms with Gasteiger partial charge in [0.15, 0.2) is 0 Å². The lowest BCUT2D eigenvalue weighted by Gasteiger charge is -2.53. The standard InChI is InChI=1S/C31H47NO4/c1-22-19-29-28(13-12-24(3)31(29,34)20-30(22)36-25(4)33)23(2)21-32-16-14-27(15-17-32)35-18-8-11-26-9-6-5-7-10-26/h5-7,9-10,19,23-24,27-30,34H,8,11-18,20-21H2,1-4H3/t23?,24-,28+,29-,30-,31-/m1/s1. The Hall–Kier alpha value is -1.69. The zero-order valence-electron chi connectivity index (χ0n) is 22.8. The normalized spacial score (nSPS) is 32.4. The minimum atomic E-state index is -0.794. The summed E-state index contributed by atoms with van der Waals surface area (Å²) in [5.41, 5.74) is 1.69. The molecule has 2 aliphatic carbocycles. The van der Waals surface area contributed by atoms with E-state index in [4.69, 9.17) is 9.47 Å². The average molecular weight is 498 g/mol. The van der Waals surface area contributed by atoms with E-state index >= 15 is 0 Å². The lowest BCUT2D eigenvalue weighted by atomic mass is 9.57. The molecule has 1 aromatic rings. The van der Waals surface area contributed by atoms with Crippen LogP contribution in [-0.4, -0.2) is 60.0 Å². The van der Waals surface area contributed by atoms with Crippen LogP contribution in [0.2, 0.25) is 0 Å². The molecule has 5 nitrogen and oxygen atoms in total. The van der Waals surface area contributed by atoms with Crippen molar-refractivity contribution in [3.05, 3.63) is 47.5 Å². The number of aryl methyl sites for hydroxylation is 1. The molecule has 1 unspecified atom stereocenters. The molecule has 0 aromatic heterocycles. The molecular formula is C31H47NO4. The predicted octanol–water partition coefficient (Wildman–Crippen LogP) is 5.41. The summed E-state index contributed by atoms with van der Waals surface area (Å²) in [6.07, 6.45) is 9.41. The maximum absolute atomic E-state index is 11.8. The molecule has 1 aromatic carbocycles. The number of likely N-dealkylation sites (tertiary alicyclic amines) is 1. The monoisotopic (exact) mass is 497 g/mol. The molecule has 1 heterocycles. The van der Waals surface area contributed by atoms with Gasteiger partial charge in [0.05, 0.1) is 11.7 Å². The van der Waals surface area contributed by atoms with Gasteiger partial charge in [-0.2, -0.15) is 0 Å². The summed E-state index contributed by atoms with van der Waals surface area (Å²) in [6, 6.07) is 10.7. The molecule has 3 aliphatic rings. The van der Waals surface area contributed by atoms with Crippen LogP contribution in [0, 0.1) is 23.7 Å². The van der Waals surface area contributed by atoms with Crippen molar-refractivity contribution in [1.82, 2.24) is 4.90 Å². The zero-order valence-corrected chi connectivity index (χ0v) is 22.8. The van der Waals surface area contributed by atoms with Crippen LogP contribution in [0.25, 0.3) is 0 Å². The fourth-order valence-electron chi connectivity index (χ4n) is 6.97. The second kappa shape index (κ2) is 12.2. The third kappa shape index (κ3) is 6.59. The highest BCUT2D eigenvalue weighted by atomic mass is 16.5. The van der Waals surface area contributed by atoms with Crippen molar-refractivity contribution in [2.75, 3.05) is 26.2 Å². The van der Waals surface area contributed by atoms with Crippen molar-refractivity contribution < 1.29 is 19.4 Å². The number of fused-ring (bicyclic) bond motifs is 1. The largest absolute Gasteiger partial charge is 0.458 e. The summed E-state index contributed by atoms with van der Waals surface area (Å²) in [7, 11) is 0. The van der Waals surface area contributed by atoms with Gasteiger partial charge in [0.2, 0.25) is 0 Å². The first kappa shape index (κ1) is 27.3. The summed E-state index contributed by atoms with van der Waals surface area (Å²) in [5, 5.41) is 11.8. The van der Waals surface area contributed by atoms with Gasteiger partial charge in [-0.05, 0) is 74.3 Å². The van der Waals surface area contributed by atoms with Crippen LogP contribution in [0.5, 0.6) is 0 Å². The van der Waals surface area contributed by atoms with Crippen LogP contribution in [0.15, 0.2) is 42.0 Å². The number of hydrogen-bond donors (Lipinski definition) is 1. The smallest absolute Gasteiger partial charge is 0.303 e. The van der Waals surface area contributed by atoms with Crippen LogP contribution in [-0.2, 0) is 20.7 Å². The first-order valence-corrected chi connectivity index (χ1v) is 14.2. The number of hydrogen-bond acceptors (Lipinski definition) is 5. The van der Waals surface area contributed by atoms with Crippen molar-refractivity contribution in [2.24, 2.45) is 23.7 Å². The fourth-order valence-corrected chi connectivity index (χ4v) is 6.97. The Balaban J connectivity index is 1.25. The van der Waals surface area contributed by atoms with Gasteiger partial charge < -0.3 is 19.5 Å². The number of ether oxygens (including phenoxy) is 2. The quantitative estimate of drug-likeness (QED) is 0.281. The van der Waals surface area contributed by atoms with E-state index in [1.54, 1.807) is 0 Å². The van der Waals surface area contributed by atoms with Gasteiger partial charge in [0.1, 0.15) is 6.10 Å². The van der Waals surface area contributed by atoms with Crippen molar-refractivity contribution in [1.29, 1.82) is 0 Å². The number of carbonyl (C=O) groups is 1. The van der Waals surface area contributed by atoms with Crippen LogP contribution < -0.4 is 0 Å². The molecule has 0 amide bonds. The van der Waals surface area contributed by atoms with E-state index in [1.807, 2.05) is 0 Å². The maximum atomic E-state index is 11.8. The maximum Gasteiger partial charge on any atom is 0.303 e. The lowest BCUT2D eigenvalue weighted by molar-refractivity contribution is -0.159. The number of benzene rings is 1. The summed E-state index contributed by atoms with van der Waals surface area (Å²) in [5.74, 6) is 1.03. The van der Waals surface area contributed by atoms with E-state index in [2.05, 4.69) is 62.1 Å². The molecule has 4 rings (SSSR count). The van der Waals surface area contributed by atoms with E-state index in [-0.39, 0.29) is 23.9 Å². The summed E-state index contributed by atoms with van der Waals surface area (Å²) >= 11 is 0. The molecule has 200 valence electrons. The molecule has 36 heavy (non-hydrogen) atoms. The molecule has 0 bridgehead atoms. The SMILES string of the molecule is CC(=O)O[C@@H]1C[C@@]2(O)[C@H](C)CC[C@@H](C(C)CN3CCC(OCCCc4ccccc4)CC3)[C@H]2C=C1C. The molecule has 1 aliphatic heterocycles. The highest BCUT2D eigenvalue weighted by molar-refractivity contribution is 5.66. The van der Waals surface area contributed by atoms with Gasteiger partial charge >= 0.3 is 5.97 Å². The Morgan fingerprint density at radius 2 is 1.89 bits per heavy atom. The lowest BCUT2D eigenvalue weighted by Crippen LogP contribution is -2.56. The predicted molar refractivity (Wildman–Crippen MR) is 144 cm³/mol. The second-order valence-electron chi connectivity index (χ2n) is 11.8. The highest BCUT2D eigenvalue weighted by Crippen LogP contribution is 2.51. The topological polar surface area (TPSA) is 59.0 Å². The number of aliphatic hydroxyl groups is 1. The molecular weight excluding hydrogens is 450 g/mol. The number of nitrogens with zero attached hydrogens (tertiary/aromatic N) is 1. The summed E-state index contributed by atoms with van der Waals surface area (Å²) in [6.45, 7) is 12.1. The van der Waals surface area contributed by atoms with Crippen LogP contribution >= 0.6 is 0 Å². The van der Waals surface area contributed by atoms with Gasteiger partial charge in [0.25, 0.3) is 0 Å². The summed E-state index contributed by atoms with van der Waals surface area (Å²) < 4.78 is 11.8. The number of piperidine rings is 1. The molecule has 1 N–H and O–H groups in total. The Kier molecular flexibility index (Phi) is 9.29. The third-order valence-electron chi connectivity index (χ3n) is 9.21. The first-order chi connectivity index (χ1) is 17.3. The van der Waals surface area contributed by atoms with Crippen LogP contribution in [0.3, 0.4) is 0 Å². The van der Waals surface area contributed by atoms with Crippen molar-refractivity contribution in [2.45, 2.75) is 90.4 Å². The molecule has 6 atom stereocenters. The second-order valence-corrected chi connectivity index (χ2v) is 11.8. The molecule has 2 fully saturated rings. The summed E-state index contributed by atoms with van der Waals surface area (Å²) in [4.78, 5) is 14.2. The van der Waals surface area contributed by atoms with Crippen LogP contribution in [0.4, 0.5) is 0 Å². The van der Waals surface area contributed by atoms with Crippen molar-refractivity contribution >= 4 is 5.97 Å².